The van der Waals surface area contributed by atoms with E-state index in [2.05, 4.69) is 14.6 Å². The second-order valence-corrected chi connectivity index (χ2v) is 5.25. The van der Waals surface area contributed by atoms with Crippen LogP contribution in [-0.4, -0.2) is 32.0 Å². The van der Waals surface area contributed by atoms with Gasteiger partial charge < -0.3 is 10.9 Å². The average molecular weight is 252 g/mol. The van der Waals surface area contributed by atoms with E-state index in [0.29, 0.717) is 25.8 Å². The van der Waals surface area contributed by atoms with Gasteiger partial charge in [-0.3, -0.25) is 0 Å². The number of nitrogens with zero attached hydrogens (tertiary/aromatic N) is 1. The number of hydrogen-bond donors (Lipinski definition) is 4. The molecule has 0 aromatic carbocycles. The molecule has 7 nitrogen and oxygen atoms in total. The fourth-order valence-corrected chi connectivity index (χ4v) is 2.16. The molecular formula is C8H20N4O3S. The van der Waals surface area contributed by atoms with Crippen molar-refractivity contribution in [3.05, 3.63) is 0 Å². The maximum absolute atomic E-state index is 11.3. The lowest BCUT2D eigenvalue weighted by Crippen LogP contribution is -2.40. The van der Waals surface area contributed by atoms with Crippen molar-refractivity contribution in [1.29, 1.82) is 0 Å². The Balaban J connectivity index is 3.66. The molecule has 0 heterocycles. The summed E-state index contributed by atoms with van der Waals surface area (Å²) in [7, 11) is -3.40. The first-order chi connectivity index (χ1) is 7.37. The van der Waals surface area contributed by atoms with E-state index in [9.17, 15) is 8.42 Å². The Bertz CT molecular complexity index is 313. The van der Waals surface area contributed by atoms with Gasteiger partial charge in [-0.25, -0.2) is 4.72 Å². The van der Waals surface area contributed by atoms with Crippen LogP contribution in [0.2, 0.25) is 0 Å². The number of rotatable bonds is 8. The molecule has 0 aromatic heterocycles. The third kappa shape index (κ3) is 8.45. The zero-order valence-electron chi connectivity index (χ0n) is 9.60. The summed E-state index contributed by atoms with van der Waals surface area (Å²) < 4.78 is 27.4. The van der Waals surface area contributed by atoms with E-state index in [1.165, 1.54) is 0 Å². The lowest BCUT2D eigenvalue weighted by Gasteiger charge is -2.10. The Hall–Kier alpha value is -0.860. The first kappa shape index (κ1) is 15.1. The highest BCUT2D eigenvalue weighted by Crippen LogP contribution is 1.94. The second kappa shape index (κ2) is 7.42. The molecule has 5 N–H and O–H groups in total. The quantitative estimate of drug-likeness (QED) is 0.156. The largest absolute Gasteiger partial charge is 0.409 e. The molecule has 0 amide bonds. The van der Waals surface area contributed by atoms with E-state index in [1.54, 1.807) is 13.8 Å². The molecule has 0 aliphatic carbocycles. The van der Waals surface area contributed by atoms with Crippen molar-refractivity contribution in [3.63, 3.8) is 0 Å². The maximum Gasteiger partial charge on any atom is 0.277 e. The molecule has 0 bridgehead atoms. The number of nitrogens with one attached hydrogen (secondary N) is 2. The van der Waals surface area contributed by atoms with E-state index in [4.69, 9.17) is 10.9 Å². The van der Waals surface area contributed by atoms with Gasteiger partial charge in [0.2, 0.25) is 0 Å². The minimum absolute atomic E-state index is 0.130. The van der Waals surface area contributed by atoms with Gasteiger partial charge in [-0.2, -0.15) is 13.1 Å². The van der Waals surface area contributed by atoms with Gasteiger partial charge in [0.25, 0.3) is 10.2 Å². The van der Waals surface area contributed by atoms with E-state index >= 15 is 0 Å². The van der Waals surface area contributed by atoms with Crippen LogP contribution in [0.3, 0.4) is 0 Å². The molecule has 0 saturated heterocycles. The topological polar surface area (TPSA) is 117 Å². The Morgan fingerprint density at radius 3 is 2.56 bits per heavy atom. The van der Waals surface area contributed by atoms with Crippen LogP contribution >= 0.6 is 0 Å². The fourth-order valence-electron chi connectivity index (χ4n) is 1.04. The van der Waals surface area contributed by atoms with Gasteiger partial charge in [0.1, 0.15) is 5.84 Å². The first-order valence-corrected chi connectivity index (χ1v) is 6.59. The van der Waals surface area contributed by atoms with Crippen molar-refractivity contribution in [1.82, 2.24) is 9.44 Å². The standard InChI is InChI=1S/C8H20N4O3S/c1-7(2)12-16(14,15)10-6-4-3-5-8(9)11-13/h7,10,12-13H,3-6H2,1-2H3,(H2,9,11). The lowest BCUT2D eigenvalue weighted by molar-refractivity contribution is 0.316. The van der Waals surface area contributed by atoms with Crippen LogP contribution in [0.15, 0.2) is 5.16 Å². The van der Waals surface area contributed by atoms with Crippen LogP contribution in [0, 0.1) is 0 Å². The summed E-state index contributed by atoms with van der Waals surface area (Å²) in [5.74, 6) is 0.156. The summed E-state index contributed by atoms with van der Waals surface area (Å²) in [5, 5.41) is 11.1. The fraction of sp³-hybridized carbons (Fsp3) is 0.875. The maximum atomic E-state index is 11.3. The minimum Gasteiger partial charge on any atom is -0.409 e. The predicted molar refractivity (Wildman–Crippen MR) is 62.5 cm³/mol. The van der Waals surface area contributed by atoms with Crippen molar-refractivity contribution in [2.45, 2.75) is 39.2 Å². The SMILES string of the molecule is CC(C)NS(=O)(=O)NCCCCC(N)=NO. The van der Waals surface area contributed by atoms with Crippen LogP contribution in [-0.2, 0) is 10.2 Å². The monoisotopic (exact) mass is 252 g/mol. The molecule has 8 heteroatoms. The summed E-state index contributed by atoms with van der Waals surface area (Å²) in [6, 6.07) is -0.130. The Morgan fingerprint density at radius 2 is 2.06 bits per heavy atom. The molecule has 16 heavy (non-hydrogen) atoms. The van der Waals surface area contributed by atoms with Gasteiger partial charge in [0.05, 0.1) is 0 Å². The zero-order chi connectivity index (χ0) is 12.6. The summed E-state index contributed by atoms with van der Waals surface area (Å²) in [5.41, 5.74) is 5.26. The molecule has 0 fully saturated rings. The van der Waals surface area contributed by atoms with Crippen molar-refractivity contribution in [3.8, 4) is 0 Å². The smallest absolute Gasteiger partial charge is 0.277 e. The molecule has 0 aromatic rings. The van der Waals surface area contributed by atoms with Crippen molar-refractivity contribution >= 4 is 16.0 Å². The minimum atomic E-state index is -3.40. The molecule has 0 aliphatic heterocycles. The molecule has 0 unspecified atom stereocenters. The molecule has 0 saturated carbocycles. The number of hydrogen-bond acceptors (Lipinski definition) is 4. The highest BCUT2D eigenvalue weighted by Gasteiger charge is 2.09. The van der Waals surface area contributed by atoms with Gasteiger partial charge in [-0.15, -0.1) is 0 Å². The van der Waals surface area contributed by atoms with Crippen LogP contribution in [0.4, 0.5) is 0 Å². The molecule has 0 aliphatic rings. The van der Waals surface area contributed by atoms with E-state index in [-0.39, 0.29) is 11.9 Å². The van der Waals surface area contributed by atoms with Crippen LogP contribution in [0.25, 0.3) is 0 Å². The molecule has 0 radical (unpaired) electrons. The number of oxime groups is 1. The average Bonchev–Trinajstić information content (AvgIpc) is 2.14. The van der Waals surface area contributed by atoms with Crippen LogP contribution in [0.5, 0.6) is 0 Å². The highest BCUT2D eigenvalue weighted by atomic mass is 32.2. The zero-order valence-corrected chi connectivity index (χ0v) is 10.4. The van der Waals surface area contributed by atoms with Crippen molar-refractivity contribution < 1.29 is 13.6 Å². The molecule has 0 atom stereocenters. The summed E-state index contributed by atoms with van der Waals surface area (Å²) in [4.78, 5) is 0. The normalized spacial score (nSPS) is 13.3. The molecule has 96 valence electrons. The van der Waals surface area contributed by atoms with Crippen LogP contribution in [0.1, 0.15) is 33.1 Å². The lowest BCUT2D eigenvalue weighted by atomic mass is 10.2. The molecular weight excluding hydrogens is 232 g/mol. The Labute approximate surface area is 96.3 Å². The van der Waals surface area contributed by atoms with Gasteiger partial charge in [-0.1, -0.05) is 5.16 Å². The summed E-state index contributed by atoms with van der Waals surface area (Å²) >= 11 is 0. The second-order valence-electron chi connectivity index (χ2n) is 3.72. The highest BCUT2D eigenvalue weighted by molar-refractivity contribution is 7.87. The number of unbranched alkanes of at least 4 members (excludes halogenated alkanes) is 1. The third-order valence-electron chi connectivity index (χ3n) is 1.67. The summed E-state index contributed by atoms with van der Waals surface area (Å²) in [6.45, 7) is 3.83. The first-order valence-electron chi connectivity index (χ1n) is 5.10. The summed E-state index contributed by atoms with van der Waals surface area (Å²) in [6.07, 6.45) is 1.76. The van der Waals surface area contributed by atoms with Crippen molar-refractivity contribution in [2.24, 2.45) is 10.9 Å². The Morgan fingerprint density at radius 1 is 1.44 bits per heavy atom. The van der Waals surface area contributed by atoms with Gasteiger partial charge in [-0.05, 0) is 26.7 Å². The van der Waals surface area contributed by atoms with E-state index < -0.39 is 10.2 Å². The predicted octanol–water partition coefficient (Wildman–Crippen LogP) is -0.264. The van der Waals surface area contributed by atoms with Crippen LogP contribution < -0.4 is 15.2 Å². The van der Waals surface area contributed by atoms with Gasteiger partial charge in [0.15, 0.2) is 0 Å². The number of amidine groups is 1. The van der Waals surface area contributed by atoms with Crippen molar-refractivity contribution in [2.75, 3.05) is 6.54 Å². The molecule has 0 rings (SSSR count). The third-order valence-corrected chi connectivity index (χ3v) is 3.04. The Kier molecular flexibility index (Phi) is 7.02. The van der Waals surface area contributed by atoms with E-state index in [1.807, 2.05) is 0 Å². The molecule has 0 spiro atoms. The van der Waals surface area contributed by atoms with Gasteiger partial charge >= 0.3 is 0 Å². The van der Waals surface area contributed by atoms with Gasteiger partial charge in [0, 0.05) is 19.0 Å². The van der Waals surface area contributed by atoms with E-state index in [0.717, 1.165) is 0 Å². The number of nitrogens with two attached hydrogens (primary N) is 1.